The molecule has 0 unspecified atom stereocenters. The summed E-state index contributed by atoms with van der Waals surface area (Å²) in [5.41, 5.74) is 0.952. The van der Waals surface area contributed by atoms with E-state index < -0.39 is 0 Å². The first-order valence-corrected chi connectivity index (χ1v) is 8.21. The summed E-state index contributed by atoms with van der Waals surface area (Å²) in [4.78, 5) is 38.4. The molecular formula is C19H19NO4. The third-order valence-corrected chi connectivity index (χ3v) is 4.08. The van der Waals surface area contributed by atoms with Crippen molar-refractivity contribution in [2.24, 2.45) is 0 Å². The van der Waals surface area contributed by atoms with Crippen molar-refractivity contribution in [3.63, 3.8) is 0 Å². The average Bonchev–Trinajstić information content (AvgIpc) is 2.57. The Labute approximate surface area is 140 Å². The molecule has 5 heteroatoms. The molecule has 2 amide bonds. The molecule has 3 rings (SSSR count). The van der Waals surface area contributed by atoms with Crippen molar-refractivity contribution in [3.8, 4) is 5.75 Å². The molecule has 0 N–H and O–H groups in total. The zero-order valence-corrected chi connectivity index (χ0v) is 13.8. The lowest BCUT2D eigenvalue weighted by molar-refractivity contribution is -0.134. The van der Waals surface area contributed by atoms with Crippen LogP contribution in [0.2, 0.25) is 0 Å². The number of esters is 1. The number of nitrogens with zero attached hydrogens (tertiary/aromatic N) is 1. The van der Waals surface area contributed by atoms with Crippen LogP contribution in [0.5, 0.6) is 5.75 Å². The Morgan fingerprint density at radius 2 is 1.71 bits per heavy atom. The molecule has 1 aliphatic rings. The molecule has 124 valence electrons. The van der Waals surface area contributed by atoms with Gasteiger partial charge in [0.25, 0.3) is 11.8 Å². The molecule has 0 bridgehead atoms. The van der Waals surface area contributed by atoms with Gasteiger partial charge in [-0.2, -0.15) is 0 Å². The Hall–Kier alpha value is -2.69. The molecule has 0 aliphatic carbocycles. The number of ether oxygens (including phenoxy) is 1. The van der Waals surface area contributed by atoms with Gasteiger partial charge in [-0.1, -0.05) is 26.0 Å². The number of carbonyl (C=O) groups is 3. The van der Waals surface area contributed by atoms with Gasteiger partial charge in [0.2, 0.25) is 0 Å². The van der Waals surface area contributed by atoms with E-state index in [2.05, 4.69) is 0 Å². The van der Waals surface area contributed by atoms with Gasteiger partial charge < -0.3 is 4.74 Å². The minimum Gasteiger partial charge on any atom is -0.426 e. The third-order valence-electron chi connectivity index (χ3n) is 4.08. The minimum absolute atomic E-state index is 0.294. The van der Waals surface area contributed by atoms with Crippen LogP contribution in [0.4, 0.5) is 0 Å². The lowest BCUT2D eigenvalue weighted by Gasteiger charge is -2.27. The van der Waals surface area contributed by atoms with Crippen LogP contribution >= 0.6 is 0 Å². The van der Waals surface area contributed by atoms with Gasteiger partial charge in [-0.15, -0.1) is 0 Å². The Kier molecular flexibility index (Phi) is 4.34. The fourth-order valence-electron chi connectivity index (χ4n) is 3.01. The third kappa shape index (κ3) is 2.56. The number of imide groups is 1. The van der Waals surface area contributed by atoms with Crippen molar-refractivity contribution < 1.29 is 19.1 Å². The van der Waals surface area contributed by atoms with Gasteiger partial charge in [0.1, 0.15) is 5.75 Å². The number of carbonyl (C=O) groups excluding carboxylic acids is 3. The maximum absolute atomic E-state index is 12.6. The highest BCUT2D eigenvalue weighted by atomic mass is 16.5. The lowest BCUT2D eigenvalue weighted by atomic mass is 9.93. The SMILES string of the molecule is CCCC(=O)Oc1ccc2c3c(cccc13)C(=O)N(CCC)C2=O. The molecule has 0 saturated carbocycles. The zero-order valence-electron chi connectivity index (χ0n) is 13.8. The molecule has 0 atom stereocenters. The Balaban J connectivity index is 2.14. The fraction of sp³-hybridized carbons (Fsp3) is 0.316. The van der Waals surface area contributed by atoms with Crippen LogP contribution in [0.1, 0.15) is 53.8 Å². The Morgan fingerprint density at radius 1 is 1.00 bits per heavy atom. The van der Waals surface area contributed by atoms with Crippen molar-refractivity contribution in [2.45, 2.75) is 33.1 Å². The van der Waals surface area contributed by atoms with E-state index in [0.717, 1.165) is 0 Å². The van der Waals surface area contributed by atoms with Crippen molar-refractivity contribution in [1.82, 2.24) is 4.90 Å². The molecule has 1 aliphatic heterocycles. The molecule has 5 nitrogen and oxygen atoms in total. The molecule has 0 aromatic heterocycles. The van der Waals surface area contributed by atoms with E-state index in [4.69, 9.17) is 4.74 Å². The lowest BCUT2D eigenvalue weighted by Crippen LogP contribution is -2.40. The summed E-state index contributed by atoms with van der Waals surface area (Å²) in [5, 5.41) is 1.19. The number of hydrogen-bond acceptors (Lipinski definition) is 4. The maximum atomic E-state index is 12.6. The van der Waals surface area contributed by atoms with Gasteiger partial charge >= 0.3 is 5.97 Å². The van der Waals surface area contributed by atoms with E-state index in [0.29, 0.717) is 53.5 Å². The summed E-state index contributed by atoms with van der Waals surface area (Å²) in [6, 6.07) is 8.49. The monoisotopic (exact) mass is 325 g/mol. The van der Waals surface area contributed by atoms with Crippen LogP contribution in [-0.2, 0) is 4.79 Å². The first-order valence-electron chi connectivity index (χ1n) is 8.21. The van der Waals surface area contributed by atoms with Gasteiger partial charge in [-0.25, -0.2) is 0 Å². The molecule has 0 saturated heterocycles. The van der Waals surface area contributed by atoms with Gasteiger partial charge in [-0.3, -0.25) is 19.3 Å². The number of hydrogen-bond donors (Lipinski definition) is 0. The molecule has 1 heterocycles. The predicted molar refractivity (Wildman–Crippen MR) is 90.1 cm³/mol. The molecule has 0 spiro atoms. The number of benzene rings is 2. The van der Waals surface area contributed by atoms with E-state index in [9.17, 15) is 14.4 Å². The highest BCUT2D eigenvalue weighted by Gasteiger charge is 2.32. The molecule has 0 fully saturated rings. The van der Waals surface area contributed by atoms with Crippen molar-refractivity contribution in [2.75, 3.05) is 6.54 Å². The second-order valence-corrected chi connectivity index (χ2v) is 5.83. The molecule has 24 heavy (non-hydrogen) atoms. The van der Waals surface area contributed by atoms with Crippen LogP contribution in [0.15, 0.2) is 30.3 Å². The summed E-state index contributed by atoms with van der Waals surface area (Å²) < 4.78 is 5.42. The summed E-state index contributed by atoms with van der Waals surface area (Å²) in [6.07, 6.45) is 1.73. The summed E-state index contributed by atoms with van der Waals surface area (Å²) in [5.74, 6) is -0.521. The Morgan fingerprint density at radius 3 is 2.38 bits per heavy atom. The van der Waals surface area contributed by atoms with Gasteiger partial charge in [-0.05, 0) is 31.0 Å². The zero-order chi connectivity index (χ0) is 17.3. The highest BCUT2D eigenvalue weighted by Crippen LogP contribution is 2.35. The maximum Gasteiger partial charge on any atom is 0.311 e. The van der Waals surface area contributed by atoms with Crippen LogP contribution in [0.3, 0.4) is 0 Å². The van der Waals surface area contributed by atoms with E-state index in [1.54, 1.807) is 30.3 Å². The van der Waals surface area contributed by atoms with E-state index in [1.807, 2.05) is 13.8 Å². The van der Waals surface area contributed by atoms with Crippen LogP contribution in [-0.4, -0.2) is 29.2 Å². The predicted octanol–water partition coefficient (Wildman–Crippen LogP) is 3.55. The second kappa shape index (κ2) is 6.43. The van der Waals surface area contributed by atoms with Crippen LogP contribution < -0.4 is 4.74 Å². The van der Waals surface area contributed by atoms with E-state index in [1.165, 1.54) is 4.90 Å². The van der Waals surface area contributed by atoms with Crippen LogP contribution in [0.25, 0.3) is 10.8 Å². The first kappa shape index (κ1) is 16.2. The average molecular weight is 325 g/mol. The molecule has 0 radical (unpaired) electrons. The second-order valence-electron chi connectivity index (χ2n) is 5.83. The summed E-state index contributed by atoms with van der Waals surface area (Å²) in [7, 11) is 0. The van der Waals surface area contributed by atoms with Crippen molar-refractivity contribution in [1.29, 1.82) is 0 Å². The highest BCUT2D eigenvalue weighted by molar-refractivity contribution is 6.26. The minimum atomic E-state index is -0.320. The molecule has 2 aromatic rings. The van der Waals surface area contributed by atoms with E-state index in [-0.39, 0.29) is 17.8 Å². The van der Waals surface area contributed by atoms with Gasteiger partial charge in [0, 0.05) is 34.9 Å². The quantitative estimate of drug-likeness (QED) is 0.479. The molecular weight excluding hydrogens is 306 g/mol. The summed E-state index contributed by atoms with van der Waals surface area (Å²) in [6.45, 7) is 4.21. The molecule has 2 aromatic carbocycles. The Bertz CT molecular complexity index is 818. The van der Waals surface area contributed by atoms with Crippen LogP contribution in [0, 0.1) is 0 Å². The van der Waals surface area contributed by atoms with E-state index >= 15 is 0 Å². The largest absolute Gasteiger partial charge is 0.426 e. The van der Waals surface area contributed by atoms with Gasteiger partial charge in [0.15, 0.2) is 0 Å². The smallest absolute Gasteiger partial charge is 0.311 e. The number of amides is 2. The normalized spacial score (nSPS) is 13.5. The summed E-state index contributed by atoms with van der Waals surface area (Å²) >= 11 is 0. The van der Waals surface area contributed by atoms with Crippen molar-refractivity contribution >= 4 is 28.6 Å². The standard InChI is InChI=1S/C19H19NO4/c1-3-6-16(21)24-15-10-9-14-17-12(15)7-5-8-13(17)18(22)20(11-4-2)19(14)23/h5,7-10H,3-4,6,11H2,1-2H3. The number of rotatable bonds is 5. The van der Waals surface area contributed by atoms with Gasteiger partial charge in [0.05, 0.1) is 0 Å². The first-order chi connectivity index (χ1) is 11.6. The topological polar surface area (TPSA) is 63.7 Å². The fourth-order valence-corrected chi connectivity index (χ4v) is 3.01. The van der Waals surface area contributed by atoms with Crippen molar-refractivity contribution in [3.05, 3.63) is 41.5 Å².